The molecule has 1 aliphatic heterocycles. The number of nitrogens with zero attached hydrogens (tertiary/aromatic N) is 4. The Morgan fingerprint density at radius 3 is 2.42 bits per heavy atom. The van der Waals surface area contributed by atoms with Crippen LogP contribution in [0.25, 0.3) is 5.00 Å². The van der Waals surface area contributed by atoms with Crippen molar-refractivity contribution in [3.05, 3.63) is 92.3 Å². The largest absolute Gasteiger partial charge is 0.508 e. The van der Waals surface area contributed by atoms with Gasteiger partial charge in [-0.25, -0.2) is 0 Å². The van der Waals surface area contributed by atoms with Crippen LogP contribution in [-0.4, -0.2) is 37.7 Å². The van der Waals surface area contributed by atoms with Crippen molar-refractivity contribution in [3.8, 4) is 10.8 Å². The molecule has 0 saturated heterocycles. The molecule has 8 nitrogen and oxygen atoms in total. The molecule has 0 aliphatic carbocycles. The minimum Gasteiger partial charge on any atom is -0.508 e. The number of hydrogen-bond donors (Lipinski definition) is 3. The summed E-state index contributed by atoms with van der Waals surface area (Å²) in [6, 6.07) is 13.6. The Bertz CT molecular complexity index is 1460. The predicted octanol–water partition coefficient (Wildman–Crippen LogP) is 5.06. The lowest BCUT2D eigenvalue weighted by molar-refractivity contribution is -0.118. The van der Waals surface area contributed by atoms with Crippen LogP contribution in [0.5, 0.6) is 5.75 Å². The van der Waals surface area contributed by atoms with Gasteiger partial charge < -0.3 is 16.2 Å². The third-order valence-electron chi connectivity index (χ3n) is 5.81. The van der Waals surface area contributed by atoms with E-state index in [2.05, 4.69) is 24.0 Å². The average Bonchev–Trinajstić information content (AvgIpc) is 3.32. The zero-order valence-electron chi connectivity index (χ0n) is 20.0. The number of rotatable bonds is 4. The number of nitrogens with one attached hydrogen (secondary N) is 1. The van der Waals surface area contributed by atoms with Gasteiger partial charge in [0.05, 0.1) is 12.1 Å². The highest BCUT2D eigenvalue weighted by molar-refractivity contribution is 7.15. The number of aryl methyl sites for hydroxylation is 2. The number of phenols is 1. The monoisotopic (exact) mass is 520 g/mol. The number of benzene rings is 2. The number of aromatic nitrogens is 3. The molecule has 3 heterocycles. The van der Waals surface area contributed by atoms with Gasteiger partial charge in [-0.1, -0.05) is 23.7 Å². The number of phenolic OH excluding ortho intramolecular Hbond substituents is 1. The maximum absolute atomic E-state index is 11.7. The summed E-state index contributed by atoms with van der Waals surface area (Å²) in [4.78, 5) is 17.8. The van der Waals surface area contributed by atoms with Crippen LogP contribution in [0, 0.1) is 26.2 Å². The van der Waals surface area contributed by atoms with Crippen LogP contribution >= 0.6 is 22.9 Å². The van der Waals surface area contributed by atoms with E-state index in [0.717, 1.165) is 38.8 Å². The van der Waals surface area contributed by atoms with Crippen molar-refractivity contribution in [2.75, 3.05) is 0 Å². The lowest BCUT2D eigenvalue weighted by Crippen LogP contribution is -2.17. The molecule has 4 aromatic rings. The molecule has 1 amide bonds. The first-order valence-corrected chi connectivity index (χ1v) is 12.3. The summed E-state index contributed by atoms with van der Waals surface area (Å²) in [6.45, 7) is 6.08. The summed E-state index contributed by atoms with van der Waals surface area (Å²) >= 11 is 7.74. The molecule has 2 aromatic heterocycles. The van der Waals surface area contributed by atoms with Crippen LogP contribution in [0.2, 0.25) is 5.02 Å². The van der Waals surface area contributed by atoms with E-state index in [9.17, 15) is 4.79 Å². The standard InChI is InChI=1S/C19H18ClN5OS.C7H7NO/c1-9-10(2)27-19-16(9)17(12-4-6-13(20)7-5-12)22-14(8-15(21)26)18-24-23-11(3)25(18)19;8-5-6-1-3-7(9)4-2-6/h4-7,14H,8H2,1-3H3,(H2,21,26);1-5,8-9H/t14-;/m0./s1. The molecule has 184 valence electrons. The third-order valence-corrected chi connectivity index (χ3v) is 7.26. The van der Waals surface area contributed by atoms with Gasteiger partial charge in [-0.05, 0) is 68.3 Å². The lowest BCUT2D eigenvalue weighted by Gasteiger charge is -2.11. The summed E-state index contributed by atoms with van der Waals surface area (Å²) in [5.74, 6) is 1.21. The normalized spacial score (nSPS) is 14.0. The topological polar surface area (TPSA) is 130 Å². The first kappa shape index (κ1) is 25.3. The smallest absolute Gasteiger partial charge is 0.220 e. The number of amides is 1. The Morgan fingerprint density at radius 1 is 1.14 bits per heavy atom. The number of fused-ring (bicyclic) bond motifs is 3. The number of primary amides is 1. The quantitative estimate of drug-likeness (QED) is 0.324. The lowest BCUT2D eigenvalue weighted by atomic mass is 9.99. The molecule has 10 heteroatoms. The molecule has 2 aromatic carbocycles. The molecule has 1 atom stereocenters. The fourth-order valence-corrected chi connectivity index (χ4v) is 5.23. The zero-order valence-corrected chi connectivity index (χ0v) is 21.6. The van der Waals surface area contributed by atoms with E-state index in [1.54, 1.807) is 35.6 Å². The van der Waals surface area contributed by atoms with E-state index < -0.39 is 11.9 Å². The molecule has 4 N–H and O–H groups in total. The maximum Gasteiger partial charge on any atom is 0.220 e. The second-order valence-electron chi connectivity index (χ2n) is 8.31. The zero-order chi connectivity index (χ0) is 26.0. The molecule has 36 heavy (non-hydrogen) atoms. The van der Waals surface area contributed by atoms with E-state index in [-0.39, 0.29) is 12.2 Å². The molecular formula is C26H25ClN6O2S. The van der Waals surface area contributed by atoms with E-state index in [1.165, 1.54) is 11.1 Å². The second-order valence-corrected chi connectivity index (χ2v) is 9.95. The van der Waals surface area contributed by atoms with Crippen LogP contribution in [0.1, 0.15) is 51.2 Å². The number of carbonyl (C=O) groups is 1. The molecule has 1 aliphatic rings. The van der Waals surface area contributed by atoms with Gasteiger partial charge in [0.15, 0.2) is 5.82 Å². The predicted molar refractivity (Wildman–Crippen MR) is 143 cm³/mol. The maximum atomic E-state index is 11.7. The van der Waals surface area contributed by atoms with E-state index >= 15 is 0 Å². The van der Waals surface area contributed by atoms with Crippen LogP contribution in [0.4, 0.5) is 0 Å². The minimum atomic E-state index is -0.492. The Morgan fingerprint density at radius 2 is 1.81 bits per heavy atom. The van der Waals surface area contributed by atoms with Gasteiger partial charge in [0, 0.05) is 27.2 Å². The first-order valence-electron chi connectivity index (χ1n) is 11.1. The van der Waals surface area contributed by atoms with Crippen LogP contribution in [-0.2, 0) is 4.79 Å². The fraction of sp³-hybridized carbons (Fsp3) is 0.192. The Kier molecular flexibility index (Phi) is 7.32. The Labute approximate surface area is 217 Å². The van der Waals surface area contributed by atoms with Crippen molar-refractivity contribution in [1.82, 2.24) is 14.8 Å². The molecule has 0 saturated carbocycles. The summed E-state index contributed by atoms with van der Waals surface area (Å²) in [7, 11) is 0. The van der Waals surface area contributed by atoms with Crippen LogP contribution in [0.15, 0.2) is 53.5 Å². The van der Waals surface area contributed by atoms with E-state index in [4.69, 9.17) is 32.8 Å². The van der Waals surface area contributed by atoms with Gasteiger partial charge in [0.2, 0.25) is 5.91 Å². The van der Waals surface area contributed by atoms with E-state index in [0.29, 0.717) is 10.8 Å². The summed E-state index contributed by atoms with van der Waals surface area (Å²) in [5, 5.41) is 25.8. The minimum absolute atomic E-state index is 0.0716. The number of aliphatic imine (C=N–C) groups is 1. The summed E-state index contributed by atoms with van der Waals surface area (Å²) in [5.41, 5.74) is 10.2. The Hall–Kier alpha value is -3.82. The molecular weight excluding hydrogens is 496 g/mol. The number of aromatic hydroxyl groups is 1. The van der Waals surface area contributed by atoms with Gasteiger partial charge in [-0.2, -0.15) is 0 Å². The average molecular weight is 521 g/mol. The number of thiophene rings is 1. The van der Waals surface area contributed by atoms with Gasteiger partial charge in [0.1, 0.15) is 22.6 Å². The number of halogens is 1. The van der Waals surface area contributed by atoms with Gasteiger partial charge >= 0.3 is 0 Å². The molecule has 0 radical (unpaired) electrons. The van der Waals surface area contributed by atoms with Crippen LogP contribution < -0.4 is 5.73 Å². The highest BCUT2D eigenvalue weighted by Gasteiger charge is 2.31. The van der Waals surface area contributed by atoms with Gasteiger partial charge in [-0.3, -0.25) is 14.4 Å². The number of carbonyl (C=O) groups excluding carboxylic acids is 1. The fourth-order valence-electron chi connectivity index (χ4n) is 3.89. The van der Waals surface area contributed by atoms with Crippen molar-refractivity contribution < 1.29 is 9.90 Å². The molecule has 0 bridgehead atoms. The van der Waals surface area contributed by atoms with Gasteiger partial charge in [0.25, 0.3) is 0 Å². The van der Waals surface area contributed by atoms with Crippen molar-refractivity contribution in [2.24, 2.45) is 10.7 Å². The summed E-state index contributed by atoms with van der Waals surface area (Å²) < 4.78 is 2.00. The van der Waals surface area contributed by atoms with Crippen LogP contribution in [0.3, 0.4) is 0 Å². The van der Waals surface area contributed by atoms with Crippen molar-refractivity contribution in [1.29, 1.82) is 5.41 Å². The molecule has 5 rings (SSSR count). The van der Waals surface area contributed by atoms with E-state index in [1.807, 2.05) is 35.8 Å². The van der Waals surface area contributed by atoms with Gasteiger partial charge in [-0.15, -0.1) is 21.5 Å². The summed E-state index contributed by atoms with van der Waals surface area (Å²) in [6.07, 6.45) is 1.31. The first-order chi connectivity index (χ1) is 17.2. The number of hydrogen-bond acceptors (Lipinski definition) is 7. The SMILES string of the molecule is Cc1sc2c(c1C)C(c1ccc(Cl)cc1)=N[C@@H](CC(N)=O)c1nnc(C)n1-2.N=Cc1ccc(O)cc1. The van der Waals surface area contributed by atoms with Crippen molar-refractivity contribution in [2.45, 2.75) is 33.2 Å². The highest BCUT2D eigenvalue weighted by Crippen LogP contribution is 2.39. The Balaban J connectivity index is 0.000000286. The molecule has 0 unspecified atom stereocenters. The molecule has 0 fully saturated rings. The number of nitrogens with two attached hydrogens (primary N) is 1. The third kappa shape index (κ3) is 5.07. The van der Waals surface area contributed by atoms with Crippen molar-refractivity contribution >= 4 is 40.8 Å². The van der Waals surface area contributed by atoms with Crippen molar-refractivity contribution in [3.63, 3.8) is 0 Å². The highest BCUT2D eigenvalue weighted by atomic mass is 35.5. The molecule has 0 spiro atoms. The second kappa shape index (κ2) is 10.4.